The second kappa shape index (κ2) is 7.42. The minimum absolute atomic E-state index is 0.115. The fraction of sp³-hybridized carbons (Fsp3) is 0.188. The summed E-state index contributed by atoms with van der Waals surface area (Å²) < 4.78 is 10.8. The first-order valence-electron chi connectivity index (χ1n) is 6.60. The van der Waals surface area contributed by atoms with E-state index in [9.17, 15) is 4.79 Å². The fourth-order valence-corrected chi connectivity index (χ4v) is 1.80. The Morgan fingerprint density at radius 2 is 1.81 bits per heavy atom. The van der Waals surface area contributed by atoms with Crippen molar-refractivity contribution in [3.63, 3.8) is 0 Å². The molecule has 0 radical (unpaired) electrons. The molecule has 0 heterocycles. The Balaban J connectivity index is 2.15. The van der Waals surface area contributed by atoms with Crippen LogP contribution in [0.4, 0.5) is 5.69 Å². The zero-order chi connectivity index (χ0) is 15.1. The molecule has 1 atom stereocenters. The third kappa shape index (κ3) is 4.05. The molecule has 3 N–H and O–H groups in total. The number of amides is 1. The van der Waals surface area contributed by atoms with E-state index in [0.717, 1.165) is 0 Å². The summed E-state index contributed by atoms with van der Waals surface area (Å²) >= 11 is 0. The molecule has 21 heavy (non-hydrogen) atoms. The number of para-hydroxylation sites is 3. The summed E-state index contributed by atoms with van der Waals surface area (Å²) in [6, 6.07) is 16.6. The van der Waals surface area contributed by atoms with Crippen molar-refractivity contribution in [3.8, 4) is 11.5 Å². The number of benzene rings is 2. The van der Waals surface area contributed by atoms with Crippen LogP contribution in [-0.4, -0.2) is 25.7 Å². The number of ether oxygens (including phenoxy) is 2. The third-order valence-electron chi connectivity index (χ3n) is 2.91. The van der Waals surface area contributed by atoms with Crippen molar-refractivity contribution in [2.45, 2.75) is 6.10 Å². The van der Waals surface area contributed by atoms with Gasteiger partial charge < -0.3 is 20.5 Å². The van der Waals surface area contributed by atoms with E-state index in [-0.39, 0.29) is 12.5 Å². The molecule has 2 aromatic carbocycles. The zero-order valence-electron chi connectivity index (χ0n) is 11.8. The number of hydrogen-bond donors (Lipinski definition) is 2. The summed E-state index contributed by atoms with van der Waals surface area (Å²) in [5.41, 5.74) is 6.05. The Morgan fingerprint density at radius 3 is 2.48 bits per heavy atom. The molecule has 0 fully saturated rings. The van der Waals surface area contributed by atoms with Gasteiger partial charge in [-0.25, -0.2) is 0 Å². The number of carbonyl (C=O) groups excluding carboxylic acids is 1. The number of methoxy groups -OCH3 is 1. The Hall–Kier alpha value is -2.37. The van der Waals surface area contributed by atoms with Gasteiger partial charge in [-0.05, 0) is 24.3 Å². The van der Waals surface area contributed by atoms with Crippen LogP contribution >= 0.6 is 0 Å². The Morgan fingerprint density at radius 1 is 1.14 bits per heavy atom. The Bertz CT molecular complexity index is 583. The molecule has 2 rings (SSSR count). The lowest BCUT2D eigenvalue weighted by Gasteiger charge is -2.15. The average Bonchev–Trinajstić information content (AvgIpc) is 2.51. The van der Waals surface area contributed by atoms with Gasteiger partial charge in [0.2, 0.25) is 0 Å². The minimum Gasteiger partial charge on any atom is -0.455 e. The van der Waals surface area contributed by atoms with E-state index in [1.54, 1.807) is 12.1 Å². The standard InChI is InChI=1S/C16H18N2O3/c1-20-15(11-17)16(19)18-13-9-5-6-10-14(13)21-12-7-3-2-4-8-12/h2-10,15H,11,17H2,1H3,(H,18,19). The molecule has 1 amide bonds. The monoisotopic (exact) mass is 286 g/mol. The highest BCUT2D eigenvalue weighted by molar-refractivity contribution is 5.95. The van der Waals surface area contributed by atoms with Crippen molar-refractivity contribution in [1.29, 1.82) is 0 Å². The Labute approximate surface area is 123 Å². The highest BCUT2D eigenvalue weighted by atomic mass is 16.5. The maximum atomic E-state index is 12.0. The van der Waals surface area contributed by atoms with Crippen LogP contribution in [0.3, 0.4) is 0 Å². The number of hydrogen-bond acceptors (Lipinski definition) is 4. The first-order valence-corrected chi connectivity index (χ1v) is 6.60. The van der Waals surface area contributed by atoms with E-state index < -0.39 is 6.10 Å². The molecular formula is C16H18N2O3. The van der Waals surface area contributed by atoms with Gasteiger partial charge in [-0.3, -0.25) is 4.79 Å². The summed E-state index contributed by atoms with van der Waals surface area (Å²) in [7, 11) is 1.45. The lowest BCUT2D eigenvalue weighted by Crippen LogP contribution is -2.35. The number of rotatable bonds is 6. The van der Waals surface area contributed by atoms with Crippen LogP contribution in [0, 0.1) is 0 Å². The maximum absolute atomic E-state index is 12.0. The molecule has 5 heteroatoms. The quantitative estimate of drug-likeness (QED) is 0.855. The number of nitrogens with two attached hydrogens (primary N) is 1. The van der Waals surface area contributed by atoms with Gasteiger partial charge >= 0.3 is 0 Å². The molecule has 0 aliphatic carbocycles. The predicted octanol–water partition coefficient (Wildman–Crippen LogP) is 2.39. The number of carbonyl (C=O) groups is 1. The lowest BCUT2D eigenvalue weighted by atomic mass is 10.2. The maximum Gasteiger partial charge on any atom is 0.254 e. The predicted molar refractivity (Wildman–Crippen MR) is 81.4 cm³/mol. The van der Waals surface area contributed by atoms with Gasteiger partial charge in [-0.1, -0.05) is 30.3 Å². The number of anilines is 1. The van der Waals surface area contributed by atoms with Gasteiger partial charge in [-0.2, -0.15) is 0 Å². The summed E-state index contributed by atoms with van der Waals surface area (Å²) in [6.45, 7) is 0.115. The van der Waals surface area contributed by atoms with Gasteiger partial charge in [0.15, 0.2) is 5.75 Å². The molecule has 110 valence electrons. The van der Waals surface area contributed by atoms with Crippen LogP contribution in [0.25, 0.3) is 0 Å². The summed E-state index contributed by atoms with van der Waals surface area (Å²) in [5, 5.41) is 2.76. The molecule has 1 unspecified atom stereocenters. The molecule has 0 spiro atoms. The second-order valence-electron chi connectivity index (χ2n) is 4.36. The van der Waals surface area contributed by atoms with Crippen LogP contribution in [0.15, 0.2) is 54.6 Å². The molecule has 2 aromatic rings. The SMILES string of the molecule is COC(CN)C(=O)Nc1ccccc1Oc1ccccc1. The number of nitrogens with one attached hydrogen (secondary N) is 1. The molecular weight excluding hydrogens is 268 g/mol. The summed E-state index contributed by atoms with van der Waals surface area (Å²) in [6.07, 6.45) is -0.685. The normalized spacial score (nSPS) is 11.7. The molecule has 5 nitrogen and oxygen atoms in total. The van der Waals surface area contributed by atoms with Crippen molar-refractivity contribution >= 4 is 11.6 Å². The molecule has 0 bridgehead atoms. The molecule has 0 saturated carbocycles. The van der Waals surface area contributed by atoms with Gasteiger partial charge in [0.25, 0.3) is 5.91 Å². The topological polar surface area (TPSA) is 73.6 Å². The average molecular weight is 286 g/mol. The van der Waals surface area contributed by atoms with Crippen molar-refractivity contribution in [2.24, 2.45) is 5.73 Å². The first-order chi connectivity index (χ1) is 10.2. The minimum atomic E-state index is -0.685. The van der Waals surface area contributed by atoms with Crippen LogP contribution in [-0.2, 0) is 9.53 Å². The van der Waals surface area contributed by atoms with E-state index >= 15 is 0 Å². The van der Waals surface area contributed by atoms with Gasteiger partial charge in [-0.15, -0.1) is 0 Å². The van der Waals surface area contributed by atoms with Crippen molar-refractivity contribution < 1.29 is 14.3 Å². The van der Waals surface area contributed by atoms with Gasteiger partial charge in [0, 0.05) is 13.7 Å². The third-order valence-corrected chi connectivity index (χ3v) is 2.91. The van der Waals surface area contributed by atoms with Crippen molar-refractivity contribution in [2.75, 3.05) is 19.0 Å². The molecule has 0 aliphatic rings. The van der Waals surface area contributed by atoms with Gasteiger partial charge in [0.05, 0.1) is 5.69 Å². The second-order valence-corrected chi connectivity index (χ2v) is 4.36. The van der Waals surface area contributed by atoms with E-state index in [4.69, 9.17) is 15.2 Å². The van der Waals surface area contributed by atoms with Crippen LogP contribution < -0.4 is 15.8 Å². The lowest BCUT2D eigenvalue weighted by molar-refractivity contribution is -0.125. The highest BCUT2D eigenvalue weighted by Crippen LogP contribution is 2.29. The summed E-state index contributed by atoms with van der Waals surface area (Å²) in [4.78, 5) is 12.0. The fourth-order valence-electron chi connectivity index (χ4n) is 1.80. The van der Waals surface area contributed by atoms with Crippen LogP contribution in [0.1, 0.15) is 0 Å². The van der Waals surface area contributed by atoms with E-state index in [0.29, 0.717) is 17.2 Å². The molecule has 0 aromatic heterocycles. The van der Waals surface area contributed by atoms with E-state index in [1.165, 1.54) is 7.11 Å². The van der Waals surface area contributed by atoms with Crippen LogP contribution in [0.5, 0.6) is 11.5 Å². The van der Waals surface area contributed by atoms with E-state index in [1.807, 2.05) is 42.5 Å². The molecule has 0 aliphatic heterocycles. The largest absolute Gasteiger partial charge is 0.455 e. The molecule has 0 saturated heterocycles. The summed E-state index contributed by atoms with van der Waals surface area (Å²) in [5.74, 6) is 0.953. The van der Waals surface area contributed by atoms with E-state index in [2.05, 4.69) is 5.32 Å². The van der Waals surface area contributed by atoms with Crippen molar-refractivity contribution in [3.05, 3.63) is 54.6 Å². The Kier molecular flexibility index (Phi) is 5.31. The highest BCUT2D eigenvalue weighted by Gasteiger charge is 2.17. The first kappa shape index (κ1) is 15.0. The zero-order valence-corrected chi connectivity index (χ0v) is 11.8. The smallest absolute Gasteiger partial charge is 0.254 e. The van der Waals surface area contributed by atoms with Crippen molar-refractivity contribution in [1.82, 2.24) is 0 Å². The van der Waals surface area contributed by atoms with Crippen LogP contribution in [0.2, 0.25) is 0 Å². The van der Waals surface area contributed by atoms with Gasteiger partial charge in [0.1, 0.15) is 11.9 Å².